The van der Waals surface area contributed by atoms with Gasteiger partial charge in [0.1, 0.15) is 0 Å². The van der Waals surface area contributed by atoms with Gasteiger partial charge >= 0.3 is 6.03 Å². The van der Waals surface area contributed by atoms with Gasteiger partial charge in [0.2, 0.25) is 0 Å². The van der Waals surface area contributed by atoms with Gasteiger partial charge < -0.3 is 15.5 Å². The van der Waals surface area contributed by atoms with E-state index >= 15 is 0 Å². The molecule has 1 aliphatic heterocycles. The Bertz CT molecular complexity index is 510. The van der Waals surface area contributed by atoms with Crippen molar-refractivity contribution in [3.05, 3.63) is 28.2 Å². The summed E-state index contributed by atoms with van der Waals surface area (Å²) in [5.41, 5.74) is 0.636. The lowest BCUT2D eigenvalue weighted by Gasteiger charge is -2.33. The minimum Gasteiger partial charge on any atom is -0.338 e. The molecule has 1 atom stereocenters. The van der Waals surface area contributed by atoms with Crippen LogP contribution in [0, 0.1) is 0 Å². The van der Waals surface area contributed by atoms with Crippen molar-refractivity contribution < 1.29 is 4.79 Å². The van der Waals surface area contributed by atoms with E-state index in [9.17, 15) is 4.79 Å². The summed E-state index contributed by atoms with van der Waals surface area (Å²) in [7, 11) is 0. The molecule has 0 saturated carbocycles. The number of halogens is 2. The first-order valence-electron chi connectivity index (χ1n) is 7.80. The van der Waals surface area contributed by atoms with Gasteiger partial charge in [0.15, 0.2) is 0 Å². The van der Waals surface area contributed by atoms with E-state index in [4.69, 9.17) is 23.2 Å². The molecule has 0 unspecified atom stereocenters. The Balaban J connectivity index is 1.66. The largest absolute Gasteiger partial charge is 0.338 e. The lowest BCUT2D eigenvalue weighted by atomic mass is 10.0. The summed E-state index contributed by atoms with van der Waals surface area (Å²) >= 11 is 11.8. The zero-order chi connectivity index (χ0) is 15.9. The van der Waals surface area contributed by atoms with Crippen LogP contribution in [-0.2, 0) is 0 Å². The Morgan fingerprint density at radius 3 is 2.86 bits per heavy atom. The Morgan fingerprint density at radius 1 is 1.32 bits per heavy atom. The standard InChI is InChI=1S/C16H23Cl2N3O/c1-12-5-2-3-9-21(12)10-4-8-19-16(22)20-13-6-7-14(17)15(18)11-13/h6-7,11-12H,2-5,8-10H2,1H3,(H2,19,20,22)/t12-/m1/s1. The molecule has 1 aromatic carbocycles. The summed E-state index contributed by atoms with van der Waals surface area (Å²) in [5.74, 6) is 0. The van der Waals surface area contributed by atoms with Gasteiger partial charge in [0.05, 0.1) is 10.0 Å². The molecule has 0 aliphatic carbocycles. The number of anilines is 1. The van der Waals surface area contributed by atoms with E-state index in [2.05, 4.69) is 22.5 Å². The number of carbonyl (C=O) groups excluding carboxylic acids is 1. The molecular formula is C16H23Cl2N3O. The fourth-order valence-electron chi connectivity index (χ4n) is 2.72. The van der Waals surface area contributed by atoms with Crippen molar-refractivity contribution in [3.63, 3.8) is 0 Å². The number of benzene rings is 1. The summed E-state index contributed by atoms with van der Waals surface area (Å²) in [5, 5.41) is 6.52. The van der Waals surface area contributed by atoms with Crippen LogP contribution >= 0.6 is 23.2 Å². The predicted molar refractivity (Wildman–Crippen MR) is 93.0 cm³/mol. The van der Waals surface area contributed by atoms with Crippen molar-refractivity contribution >= 4 is 34.9 Å². The molecule has 2 N–H and O–H groups in total. The SMILES string of the molecule is C[C@@H]1CCCCN1CCCNC(=O)Nc1ccc(Cl)c(Cl)c1. The summed E-state index contributed by atoms with van der Waals surface area (Å²) in [6.45, 7) is 5.16. The minimum absolute atomic E-state index is 0.218. The maximum absolute atomic E-state index is 11.8. The van der Waals surface area contributed by atoms with Crippen molar-refractivity contribution in [2.24, 2.45) is 0 Å². The van der Waals surface area contributed by atoms with Crippen LogP contribution in [0.4, 0.5) is 10.5 Å². The quantitative estimate of drug-likeness (QED) is 0.779. The number of nitrogens with zero attached hydrogens (tertiary/aromatic N) is 1. The molecule has 1 saturated heterocycles. The predicted octanol–water partition coefficient (Wildman–Crippen LogP) is 4.38. The third-order valence-corrected chi connectivity index (χ3v) is 4.76. The van der Waals surface area contributed by atoms with E-state index in [1.165, 1.54) is 25.8 Å². The van der Waals surface area contributed by atoms with Crippen molar-refractivity contribution in [2.75, 3.05) is 25.0 Å². The lowest BCUT2D eigenvalue weighted by Crippen LogP contribution is -2.39. The molecule has 0 spiro atoms. The van der Waals surface area contributed by atoms with Crippen LogP contribution in [0.5, 0.6) is 0 Å². The first-order chi connectivity index (χ1) is 10.6. The maximum Gasteiger partial charge on any atom is 0.319 e. The van der Waals surface area contributed by atoms with Crippen molar-refractivity contribution in [1.29, 1.82) is 0 Å². The van der Waals surface area contributed by atoms with Gasteiger partial charge in [-0.05, 0) is 50.9 Å². The molecule has 1 aliphatic rings. The summed E-state index contributed by atoms with van der Waals surface area (Å²) in [6.07, 6.45) is 4.86. The molecule has 2 rings (SSSR count). The van der Waals surface area contributed by atoms with Gasteiger partial charge in [-0.2, -0.15) is 0 Å². The third kappa shape index (κ3) is 5.34. The number of piperidine rings is 1. The van der Waals surface area contributed by atoms with Crippen LogP contribution in [-0.4, -0.2) is 36.6 Å². The average molecular weight is 344 g/mol. The monoisotopic (exact) mass is 343 g/mol. The lowest BCUT2D eigenvalue weighted by molar-refractivity contribution is 0.159. The summed E-state index contributed by atoms with van der Waals surface area (Å²) < 4.78 is 0. The van der Waals surface area contributed by atoms with E-state index < -0.39 is 0 Å². The molecule has 6 heteroatoms. The smallest absolute Gasteiger partial charge is 0.319 e. The van der Waals surface area contributed by atoms with E-state index in [0.717, 1.165) is 13.0 Å². The van der Waals surface area contributed by atoms with Crippen molar-refractivity contribution in [2.45, 2.75) is 38.6 Å². The van der Waals surface area contributed by atoms with Crippen LogP contribution in [0.15, 0.2) is 18.2 Å². The number of rotatable bonds is 5. The van der Waals surface area contributed by atoms with Gasteiger partial charge in [-0.3, -0.25) is 0 Å². The normalized spacial score (nSPS) is 19.0. The average Bonchev–Trinajstić information content (AvgIpc) is 2.49. The van der Waals surface area contributed by atoms with Gasteiger partial charge in [-0.15, -0.1) is 0 Å². The molecule has 0 radical (unpaired) electrons. The number of hydrogen-bond acceptors (Lipinski definition) is 2. The van der Waals surface area contributed by atoms with Gasteiger partial charge in [-0.1, -0.05) is 29.6 Å². The second kappa shape index (κ2) is 8.61. The Morgan fingerprint density at radius 2 is 2.14 bits per heavy atom. The number of nitrogens with one attached hydrogen (secondary N) is 2. The Kier molecular flexibility index (Phi) is 6.80. The fourth-order valence-corrected chi connectivity index (χ4v) is 3.02. The molecule has 0 aromatic heterocycles. The van der Waals surface area contributed by atoms with Gasteiger partial charge in [0.25, 0.3) is 0 Å². The number of hydrogen-bond donors (Lipinski definition) is 2. The topological polar surface area (TPSA) is 44.4 Å². The van der Waals surface area contributed by atoms with Crippen LogP contribution in [0.2, 0.25) is 10.0 Å². The second-order valence-electron chi connectivity index (χ2n) is 5.74. The number of urea groups is 1. The van der Waals surface area contributed by atoms with E-state index in [1.807, 2.05) is 0 Å². The first-order valence-corrected chi connectivity index (χ1v) is 8.56. The van der Waals surface area contributed by atoms with E-state index in [1.54, 1.807) is 18.2 Å². The first kappa shape index (κ1) is 17.4. The minimum atomic E-state index is -0.218. The molecule has 1 fully saturated rings. The number of carbonyl (C=O) groups is 1. The van der Waals surface area contributed by atoms with Crippen LogP contribution in [0.1, 0.15) is 32.6 Å². The highest BCUT2D eigenvalue weighted by molar-refractivity contribution is 6.42. The molecule has 1 aromatic rings. The number of amides is 2. The Labute approximate surface area is 142 Å². The third-order valence-electron chi connectivity index (χ3n) is 4.03. The fraction of sp³-hybridized carbons (Fsp3) is 0.562. The zero-order valence-electron chi connectivity index (χ0n) is 12.9. The summed E-state index contributed by atoms with van der Waals surface area (Å²) in [6, 6.07) is 5.48. The highest BCUT2D eigenvalue weighted by Gasteiger charge is 2.17. The van der Waals surface area contributed by atoms with Crippen LogP contribution in [0.25, 0.3) is 0 Å². The van der Waals surface area contributed by atoms with E-state index in [-0.39, 0.29) is 6.03 Å². The van der Waals surface area contributed by atoms with Crippen LogP contribution in [0.3, 0.4) is 0 Å². The van der Waals surface area contributed by atoms with Crippen LogP contribution < -0.4 is 10.6 Å². The molecule has 122 valence electrons. The molecule has 22 heavy (non-hydrogen) atoms. The molecule has 0 bridgehead atoms. The Hall–Kier alpha value is -0.970. The van der Waals surface area contributed by atoms with Gasteiger partial charge in [0, 0.05) is 24.8 Å². The molecule has 4 nitrogen and oxygen atoms in total. The zero-order valence-corrected chi connectivity index (χ0v) is 14.4. The summed E-state index contributed by atoms with van der Waals surface area (Å²) in [4.78, 5) is 14.3. The second-order valence-corrected chi connectivity index (χ2v) is 6.56. The molecular weight excluding hydrogens is 321 g/mol. The highest BCUT2D eigenvalue weighted by atomic mass is 35.5. The van der Waals surface area contributed by atoms with E-state index in [0.29, 0.717) is 28.3 Å². The maximum atomic E-state index is 11.8. The number of likely N-dealkylation sites (tertiary alicyclic amines) is 1. The van der Waals surface area contributed by atoms with Crippen molar-refractivity contribution in [3.8, 4) is 0 Å². The van der Waals surface area contributed by atoms with Crippen molar-refractivity contribution in [1.82, 2.24) is 10.2 Å². The van der Waals surface area contributed by atoms with Gasteiger partial charge in [-0.25, -0.2) is 4.79 Å². The molecule has 1 heterocycles. The highest BCUT2D eigenvalue weighted by Crippen LogP contribution is 2.24. The molecule has 2 amide bonds.